The highest BCUT2D eigenvalue weighted by Crippen LogP contribution is 2.30. The molecule has 0 atom stereocenters. The number of nitrogens with one attached hydrogen (secondary N) is 3. The minimum atomic E-state index is -0.350. The second-order valence-electron chi connectivity index (χ2n) is 12.8. The maximum atomic E-state index is 15.3. The summed E-state index contributed by atoms with van der Waals surface area (Å²) in [6.07, 6.45) is 5.21. The van der Waals surface area contributed by atoms with Crippen molar-refractivity contribution >= 4 is 40.6 Å². The molecule has 4 aliphatic rings. The number of aromatic nitrogens is 2. The highest BCUT2D eigenvalue weighted by Gasteiger charge is 2.28. The second kappa shape index (κ2) is 13.2. The Morgan fingerprint density at radius 3 is 2.50 bits per heavy atom. The zero-order chi connectivity index (χ0) is 31.6. The molecule has 1 aromatic heterocycles. The van der Waals surface area contributed by atoms with E-state index in [-0.39, 0.29) is 17.8 Å². The lowest BCUT2D eigenvalue weighted by Gasteiger charge is -2.40. The summed E-state index contributed by atoms with van der Waals surface area (Å²) in [5.41, 5.74) is 6.52. The fourth-order valence-electron chi connectivity index (χ4n) is 7.11. The number of hydrogen-bond acceptors (Lipinski definition) is 9. The second-order valence-corrected chi connectivity index (χ2v) is 12.8. The van der Waals surface area contributed by atoms with Crippen molar-refractivity contribution < 1.29 is 14.0 Å². The predicted octanol–water partition coefficient (Wildman–Crippen LogP) is 3.80. The summed E-state index contributed by atoms with van der Waals surface area (Å²) < 4.78 is 15.3. The lowest BCUT2D eigenvalue weighted by Crippen LogP contribution is -2.50. The van der Waals surface area contributed by atoms with Crippen LogP contribution in [0.5, 0.6) is 0 Å². The van der Waals surface area contributed by atoms with E-state index >= 15 is 4.39 Å². The van der Waals surface area contributed by atoms with E-state index in [0.717, 1.165) is 95.1 Å². The molecule has 0 spiro atoms. The Balaban J connectivity index is 0.874. The van der Waals surface area contributed by atoms with Crippen LogP contribution in [0.4, 0.5) is 37.9 Å². The molecule has 0 saturated carbocycles. The van der Waals surface area contributed by atoms with Crippen molar-refractivity contribution in [3.63, 3.8) is 0 Å². The third-order valence-corrected chi connectivity index (χ3v) is 9.76. The lowest BCUT2D eigenvalue weighted by molar-refractivity contribution is -0.120. The van der Waals surface area contributed by atoms with Crippen molar-refractivity contribution in [2.24, 2.45) is 5.92 Å². The van der Waals surface area contributed by atoms with E-state index in [9.17, 15) is 9.59 Å². The Bertz CT molecular complexity index is 1600. The van der Waals surface area contributed by atoms with Gasteiger partial charge in [-0.05, 0) is 86.2 Å². The Morgan fingerprint density at radius 1 is 0.935 bits per heavy atom. The van der Waals surface area contributed by atoms with Gasteiger partial charge in [0.1, 0.15) is 5.82 Å². The van der Waals surface area contributed by atoms with Gasteiger partial charge in [0, 0.05) is 88.6 Å². The molecule has 5 heterocycles. The molecule has 7 rings (SSSR count). The number of piperazine rings is 1. The number of benzene rings is 2. The first kappa shape index (κ1) is 30.4. The summed E-state index contributed by atoms with van der Waals surface area (Å²) in [7, 11) is 0. The van der Waals surface area contributed by atoms with Gasteiger partial charge in [0.15, 0.2) is 0 Å². The van der Waals surface area contributed by atoms with Crippen molar-refractivity contribution in [3.8, 4) is 0 Å². The average molecular weight is 628 g/mol. The zero-order valence-electron chi connectivity index (χ0n) is 26.4. The van der Waals surface area contributed by atoms with Gasteiger partial charge in [0.25, 0.3) is 0 Å². The van der Waals surface area contributed by atoms with E-state index in [1.165, 1.54) is 11.3 Å². The van der Waals surface area contributed by atoms with Gasteiger partial charge < -0.3 is 20.4 Å². The number of imide groups is 1. The Hall–Kier alpha value is -4.29. The van der Waals surface area contributed by atoms with E-state index in [1.807, 2.05) is 31.3 Å². The molecule has 0 radical (unpaired) electrons. The van der Waals surface area contributed by atoms with E-state index in [2.05, 4.69) is 52.8 Å². The molecule has 0 unspecified atom stereocenters. The number of anilines is 5. The van der Waals surface area contributed by atoms with Gasteiger partial charge in [-0.3, -0.25) is 19.9 Å². The molecule has 11 nitrogen and oxygen atoms in total. The van der Waals surface area contributed by atoms with E-state index in [0.29, 0.717) is 36.2 Å². The lowest BCUT2D eigenvalue weighted by atomic mass is 9.95. The van der Waals surface area contributed by atoms with Gasteiger partial charge in [-0.25, -0.2) is 19.2 Å². The van der Waals surface area contributed by atoms with Gasteiger partial charge in [0.2, 0.25) is 11.9 Å². The van der Waals surface area contributed by atoms with Gasteiger partial charge in [-0.2, -0.15) is 0 Å². The molecule has 3 N–H and O–H groups in total. The smallest absolute Gasteiger partial charge is 0.328 e. The van der Waals surface area contributed by atoms with E-state index < -0.39 is 0 Å². The highest BCUT2D eigenvalue weighted by molar-refractivity contribution is 6.06. The number of rotatable bonds is 7. The molecule has 4 aliphatic heterocycles. The molecule has 46 heavy (non-hydrogen) atoms. The Labute approximate surface area is 269 Å². The highest BCUT2D eigenvalue weighted by atomic mass is 19.1. The number of urea groups is 1. The topological polar surface area (TPSA) is 109 Å². The number of carbonyl (C=O) groups is 2. The van der Waals surface area contributed by atoms with Crippen molar-refractivity contribution in [3.05, 3.63) is 65.2 Å². The van der Waals surface area contributed by atoms with Crippen molar-refractivity contribution in [1.82, 2.24) is 25.5 Å². The molecule has 3 aromatic rings. The van der Waals surface area contributed by atoms with Gasteiger partial charge in [0.05, 0.1) is 11.4 Å². The van der Waals surface area contributed by atoms with Crippen LogP contribution in [0.25, 0.3) is 0 Å². The SMILES string of the molecule is Cc1cc(N2CCN(CC3CCN(c4ccc(Nc5ncc6c(n5)CNCC6)cc4F)CC3)CC2)ccc1N1CCC(=O)NC1=O. The van der Waals surface area contributed by atoms with Gasteiger partial charge in [-0.1, -0.05) is 0 Å². The third kappa shape index (κ3) is 6.63. The van der Waals surface area contributed by atoms with Gasteiger partial charge >= 0.3 is 6.03 Å². The quantitative estimate of drug-likeness (QED) is 0.361. The van der Waals surface area contributed by atoms with Crippen LogP contribution in [0, 0.1) is 18.7 Å². The van der Waals surface area contributed by atoms with Crippen LogP contribution in [-0.2, 0) is 17.8 Å². The van der Waals surface area contributed by atoms with Crippen LogP contribution in [0.15, 0.2) is 42.6 Å². The third-order valence-electron chi connectivity index (χ3n) is 9.76. The first-order chi connectivity index (χ1) is 22.4. The molecular formula is C34H42FN9O2. The summed E-state index contributed by atoms with van der Waals surface area (Å²) in [6, 6.07) is 11.2. The number of piperidine rings is 1. The minimum absolute atomic E-state index is 0.220. The maximum Gasteiger partial charge on any atom is 0.328 e. The van der Waals surface area contributed by atoms with Crippen LogP contribution < -0.4 is 30.7 Å². The molecule has 2 aromatic carbocycles. The predicted molar refractivity (Wildman–Crippen MR) is 177 cm³/mol. The van der Waals surface area contributed by atoms with Crippen molar-refractivity contribution in [1.29, 1.82) is 0 Å². The average Bonchev–Trinajstić information content (AvgIpc) is 3.06. The summed E-state index contributed by atoms with van der Waals surface area (Å²) in [5.74, 6) is 0.650. The summed E-state index contributed by atoms with van der Waals surface area (Å²) in [6.45, 7) is 10.8. The Morgan fingerprint density at radius 2 is 1.74 bits per heavy atom. The van der Waals surface area contributed by atoms with Crippen LogP contribution in [0.3, 0.4) is 0 Å². The van der Waals surface area contributed by atoms with Crippen LogP contribution >= 0.6 is 0 Å². The molecule has 3 saturated heterocycles. The molecular weight excluding hydrogens is 585 g/mol. The van der Waals surface area contributed by atoms with Crippen molar-refractivity contribution in [2.75, 3.05) is 78.9 Å². The first-order valence-corrected chi connectivity index (χ1v) is 16.5. The number of amides is 3. The molecule has 0 bridgehead atoms. The molecule has 3 amide bonds. The van der Waals surface area contributed by atoms with E-state index in [4.69, 9.17) is 0 Å². The first-order valence-electron chi connectivity index (χ1n) is 16.5. The number of nitrogens with zero attached hydrogens (tertiary/aromatic N) is 6. The maximum absolute atomic E-state index is 15.3. The minimum Gasteiger partial charge on any atom is -0.369 e. The number of fused-ring (bicyclic) bond motifs is 1. The fraction of sp³-hybridized carbons (Fsp3) is 0.471. The number of halogens is 1. The monoisotopic (exact) mass is 627 g/mol. The standard InChI is InChI=1S/C34H42FN9O2/c1-23-18-27(3-5-30(23)44-13-9-32(45)40-34(44)46)42-16-14-41(15-17-42)22-24-7-11-43(12-8-24)31-4-2-26(19-28(31)35)38-33-37-20-25-6-10-36-21-29(25)39-33/h2-5,18-20,24,36H,6-17,21-22H2,1H3,(H,37,38,39)(H,40,45,46). The number of hydrogen-bond donors (Lipinski definition) is 3. The number of carbonyl (C=O) groups excluding carboxylic acids is 2. The summed E-state index contributed by atoms with van der Waals surface area (Å²) >= 11 is 0. The Kier molecular flexibility index (Phi) is 8.72. The van der Waals surface area contributed by atoms with Crippen LogP contribution in [0.2, 0.25) is 0 Å². The summed E-state index contributed by atoms with van der Waals surface area (Å²) in [4.78, 5) is 41.6. The van der Waals surface area contributed by atoms with Gasteiger partial charge in [-0.15, -0.1) is 0 Å². The fourth-order valence-corrected chi connectivity index (χ4v) is 7.11. The largest absolute Gasteiger partial charge is 0.369 e. The normalized spacial score (nSPS) is 19.7. The van der Waals surface area contributed by atoms with Crippen LogP contribution in [0.1, 0.15) is 36.1 Å². The molecule has 0 aliphatic carbocycles. The van der Waals surface area contributed by atoms with Crippen molar-refractivity contribution in [2.45, 2.75) is 39.2 Å². The summed E-state index contributed by atoms with van der Waals surface area (Å²) in [5, 5.41) is 8.90. The van der Waals surface area contributed by atoms with Crippen LogP contribution in [-0.4, -0.2) is 85.7 Å². The zero-order valence-corrected chi connectivity index (χ0v) is 26.4. The number of aryl methyl sites for hydroxylation is 1. The molecule has 242 valence electrons. The molecule has 3 fully saturated rings. The van der Waals surface area contributed by atoms with E-state index in [1.54, 1.807) is 11.0 Å². The molecule has 12 heteroatoms.